The van der Waals surface area contributed by atoms with Gasteiger partial charge in [-0.2, -0.15) is 0 Å². The molecular weight excluding hydrogens is 538 g/mol. The van der Waals surface area contributed by atoms with Crippen LogP contribution < -0.4 is 9.46 Å². The number of amides is 1. The Morgan fingerprint density at radius 2 is 1.78 bits per heavy atom. The molecule has 7 nitrogen and oxygen atoms in total. The van der Waals surface area contributed by atoms with Gasteiger partial charge >= 0.3 is 0 Å². The second-order valence-electron chi connectivity index (χ2n) is 14.3. The van der Waals surface area contributed by atoms with Crippen molar-refractivity contribution in [2.45, 2.75) is 109 Å². The van der Waals surface area contributed by atoms with E-state index < -0.39 is 15.9 Å². The van der Waals surface area contributed by atoms with Gasteiger partial charge in [0.1, 0.15) is 5.75 Å². The highest BCUT2D eigenvalue weighted by Gasteiger charge is 2.64. The summed E-state index contributed by atoms with van der Waals surface area (Å²) in [6.07, 6.45) is 8.42. The summed E-state index contributed by atoms with van der Waals surface area (Å²) >= 11 is 0. The molecule has 8 heteroatoms. The highest BCUT2D eigenvalue weighted by molar-refractivity contribution is 7.90. The van der Waals surface area contributed by atoms with Crippen molar-refractivity contribution in [3.05, 3.63) is 24.3 Å². The monoisotopic (exact) mass is 589 g/mol. The largest absolute Gasteiger partial charge is 0.497 e. The second kappa shape index (κ2) is 11.5. The summed E-state index contributed by atoms with van der Waals surface area (Å²) in [5.41, 5.74) is 0.293. The van der Waals surface area contributed by atoms with E-state index in [1.54, 1.807) is 12.1 Å². The summed E-state index contributed by atoms with van der Waals surface area (Å²) in [6, 6.07) is 6.13. The third-order valence-corrected chi connectivity index (χ3v) is 13.9. The number of ether oxygens (including phenoxy) is 1. The molecule has 230 valence electrons. The summed E-state index contributed by atoms with van der Waals surface area (Å²) in [4.78, 5) is 12.8. The highest BCUT2D eigenvalue weighted by Crippen LogP contribution is 2.69. The zero-order valence-corrected chi connectivity index (χ0v) is 26.3. The normalized spacial score (nSPS) is 41.0. The van der Waals surface area contributed by atoms with E-state index in [1.165, 1.54) is 19.2 Å². The first kappa shape index (κ1) is 30.8. The predicted molar refractivity (Wildman–Crippen MR) is 158 cm³/mol. The van der Waals surface area contributed by atoms with Gasteiger partial charge in [0.15, 0.2) is 0 Å². The number of hydrogen-bond donors (Lipinski definition) is 3. The van der Waals surface area contributed by atoms with Crippen molar-refractivity contribution in [1.82, 2.24) is 4.72 Å². The predicted octanol–water partition coefficient (Wildman–Crippen LogP) is 5.54. The number of nitrogens with one attached hydrogen (secondary N) is 1. The van der Waals surface area contributed by atoms with Crippen molar-refractivity contribution in [1.29, 1.82) is 0 Å². The number of carbonyl (C=O) groups is 1. The molecule has 0 spiro atoms. The van der Waals surface area contributed by atoms with Crippen LogP contribution in [0.4, 0.5) is 0 Å². The van der Waals surface area contributed by atoms with Crippen molar-refractivity contribution >= 4 is 15.9 Å². The molecule has 4 aliphatic rings. The first-order chi connectivity index (χ1) is 19.4. The summed E-state index contributed by atoms with van der Waals surface area (Å²) in [5, 5.41) is 22.4. The number of fused-ring (bicyclic) bond motifs is 5. The Morgan fingerprint density at radius 3 is 2.49 bits per heavy atom. The molecule has 41 heavy (non-hydrogen) atoms. The maximum Gasteiger partial charge on any atom is 0.264 e. The van der Waals surface area contributed by atoms with Crippen molar-refractivity contribution in [3.63, 3.8) is 0 Å². The molecule has 0 bridgehead atoms. The molecule has 4 aliphatic carbocycles. The molecular formula is C33H51NO6S. The lowest BCUT2D eigenvalue weighted by Gasteiger charge is -2.64. The van der Waals surface area contributed by atoms with E-state index in [2.05, 4.69) is 32.4 Å². The topological polar surface area (TPSA) is 113 Å². The third kappa shape index (κ3) is 5.35. The zero-order valence-electron chi connectivity index (χ0n) is 25.5. The molecule has 3 N–H and O–H groups in total. The molecule has 0 heterocycles. The van der Waals surface area contributed by atoms with Gasteiger partial charge in [-0.1, -0.05) is 40.2 Å². The van der Waals surface area contributed by atoms with Crippen LogP contribution >= 0.6 is 0 Å². The molecule has 11 atom stereocenters. The van der Waals surface area contributed by atoms with Gasteiger partial charge in [0.2, 0.25) is 5.91 Å². The van der Waals surface area contributed by atoms with Crippen LogP contribution in [0.3, 0.4) is 0 Å². The summed E-state index contributed by atoms with van der Waals surface area (Å²) in [7, 11) is -2.49. The number of sulfonamides is 1. The fourth-order valence-electron chi connectivity index (χ4n) is 10.5. The van der Waals surface area contributed by atoms with E-state index >= 15 is 0 Å². The molecule has 4 saturated carbocycles. The van der Waals surface area contributed by atoms with E-state index in [1.807, 2.05) is 0 Å². The molecule has 1 amide bonds. The minimum Gasteiger partial charge on any atom is -0.497 e. The summed E-state index contributed by atoms with van der Waals surface area (Å²) in [5.74, 6) is 2.56. The number of carbonyl (C=O) groups excluding carboxylic acids is 1. The fraction of sp³-hybridized carbons (Fsp3) is 0.788. The Labute approximate surface area is 246 Å². The van der Waals surface area contributed by atoms with Crippen molar-refractivity contribution in [2.75, 3.05) is 7.11 Å². The van der Waals surface area contributed by atoms with Gasteiger partial charge in [0.05, 0.1) is 24.2 Å². The van der Waals surface area contributed by atoms with E-state index in [-0.39, 0.29) is 46.2 Å². The fourth-order valence-corrected chi connectivity index (χ4v) is 11.6. The molecule has 4 unspecified atom stereocenters. The number of aliphatic hydroxyl groups excluding tert-OH is 2. The van der Waals surface area contributed by atoms with Crippen LogP contribution in [0, 0.1) is 52.3 Å². The Morgan fingerprint density at radius 1 is 1.07 bits per heavy atom. The Hall–Kier alpha value is -1.64. The molecule has 1 aromatic rings. The van der Waals surface area contributed by atoms with Crippen LogP contribution in [0.5, 0.6) is 5.75 Å². The number of aliphatic hydroxyl groups is 2. The first-order valence-corrected chi connectivity index (χ1v) is 17.4. The molecule has 4 fully saturated rings. The van der Waals surface area contributed by atoms with Crippen LogP contribution in [0.2, 0.25) is 0 Å². The smallest absolute Gasteiger partial charge is 0.264 e. The van der Waals surface area contributed by atoms with Crippen molar-refractivity contribution in [3.8, 4) is 5.75 Å². The van der Waals surface area contributed by atoms with Crippen LogP contribution in [-0.4, -0.2) is 43.9 Å². The zero-order chi connectivity index (χ0) is 29.7. The molecule has 0 aliphatic heterocycles. The number of benzene rings is 1. The maximum absolute atomic E-state index is 12.8. The Bertz CT molecular complexity index is 1220. The third-order valence-electron chi connectivity index (χ3n) is 12.6. The molecule has 0 radical (unpaired) electrons. The lowest BCUT2D eigenvalue weighted by atomic mass is 9.41. The first-order valence-electron chi connectivity index (χ1n) is 15.9. The second-order valence-corrected chi connectivity index (χ2v) is 16.0. The van der Waals surface area contributed by atoms with Gasteiger partial charge in [-0.3, -0.25) is 4.79 Å². The van der Waals surface area contributed by atoms with Gasteiger partial charge < -0.3 is 14.9 Å². The van der Waals surface area contributed by atoms with Gasteiger partial charge in [0.25, 0.3) is 10.0 Å². The highest BCUT2D eigenvalue weighted by atomic mass is 32.2. The lowest BCUT2D eigenvalue weighted by Crippen LogP contribution is -2.62. The van der Waals surface area contributed by atoms with E-state index in [4.69, 9.17) is 4.74 Å². The SMILES string of the molecule is CC[C@@H]1C2C[C@H](O)CCC2(C)[C@H]2CCC3(C)C([C@H](C)CCC(=O)NS(=O)(=O)c4cccc(OC)c4)CC[C@H]3[C@@H]2[C@@H]1O. The lowest BCUT2D eigenvalue weighted by molar-refractivity contribution is -0.203. The molecule has 1 aromatic carbocycles. The van der Waals surface area contributed by atoms with Gasteiger partial charge in [-0.05, 0) is 116 Å². The molecule has 0 aromatic heterocycles. The van der Waals surface area contributed by atoms with Crippen LogP contribution in [0.1, 0.15) is 91.9 Å². The van der Waals surface area contributed by atoms with Crippen molar-refractivity contribution < 1.29 is 28.2 Å². The summed E-state index contributed by atoms with van der Waals surface area (Å²) < 4.78 is 33.0. The van der Waals surface area contributed by atoms with Gasteiger partial charge in [-0.15, -0.1) is 0 Å². The standard InChI is InChI=1S/C33H51NO6S/c1-6-24-28-18-21(35)14-16-33(28,4)27-15-17-32(3)25(11-12-26(32)30(27)31(24)37)20(2)10-13-29(36)34-41(38,39)23-9-7-8-22(19-23)40-5/h7-9,19-21,24-28,30-31,35,37H,6,10-18H2,1-5H3,(H,34,36)/t20-,21-,24-,25?,26+,27+,28?,30+,31-,32?,33?/m1/s1. The van der Waals surface area contributed by atoms with Crippen LogP contribution in [0.15, 0.2) is 29.2 Å². The van der Waals surface area contributed by atoms with E-state index in [0.717, 1.165) is 51.4 Å². The van der Waals surface area contributed by atoms with E-state index in [0.29, 0.717) is 41.8 Å². The average Bonchev–Trinajstić information content (AvgIpc) is 3.30. The molecule has 5 rings (SSSR count). The minimum atomic E-state index is -3.96. The number of hydrogen-bond acceptors (Lipinski definition) is 6. The Kier molecular flexibility index (Phi) is 8.61. The van der Waals surface area contributed by atoms with Gasteiger partial charge in [-0.25, -0.2) is 13.1 Å². The minimum absolute atomic E-state index is 0.0148. The average molecular weight is 590 g/mol. The Balaban J connectivity index is 1.26. The van der Waals surface area contributed by atoms with E-state index in [9.17, 15) is 23.4 Å². The quantitative estimate of drug-likeness (QED) is 0.367. The molecule has 0 saturated heterocycles. The van der Waals surface area contributed by atoms with Gasteiger partial charge in [0, 0.05) is 12.5 Å². The summed E-state index contributed by atoms with van der Waals surface area (Å²) in [6.45, 7) is 9.32. The van der Waals surface area contributed by atoms with Crippen LogP contribution in [0.25, 0.3) is 0 Å². The number of rotatable bonds is 8. The maximum atomic E-state index is 12.8. The van der Waals surface area contributed by atoms with Crippen LogP contribution in [-0.2, 0) is 14.8 Å². The number of methoxy groups -OCH3 is 1. The van der Waals surface area contributed by atoms with Crippen molar-refractivity contribution in [2.24, 2.45) is 52.3 Å².